The summed E-state index contributed by atoms with van der Waals surface area (Å²) >= 11 is 0. The number of non-ortho nitro benzene ring substituents is 2. The van der Waals surface area contributed by atoms with E-state index < -0.39 is 9.85 Å². The molecular formula is C10H13N3O4. The summed E-state index contributed by atoms with van der Waals surface area (Å²) in [5.74, 6) is 0. The van der Waals surface area contributed by atoms with Gasteiger partial charge in [0.05, 0.1) is 15.9 Å². The Morgan fingerprint density at radius 1 is 1.12 bits per heavy atom. The summed E-state index contributed by atoms with van der Waals surface area (Å²) < 4.78 is 0. The maximum Gasteiger partial charge on any atom is 0.276 e. The lowest BCUT2D eigenvalue weighted by molar-refractivity contribution is -0.394. The quantitative estimate of drug-likeness (QED) is 0.465. The van der Waals surface area contributed by atoms with Gasteiger partial charge in [0.15, 0.2) is 0 Å². The molecule has 0 aliphatic heterocycles. The third kappa shape index (κ3) is 3.80. The second kappa shape index (κ2) is 5.90. The lowest BCUT2D eigenvalue weighted by Gasteiger charge is -2.03. The lowest BCUT2D eigenvalue weighted by Crippen LogP contribution is -2.14. The number of nitro groups is 2. The SMILES string of the molecule is CCCNCc1cc([N+](=O)[O-])cc([N+](=O)[O-])c1. The van der Waals surface area contributed by atoms with Crippen molar-refractivity contribution in [3.63, 3.8) is 0 Å². The smallest absolute Gasteiger partial charge is 0.276 e. The molecule has 0 aromatic heterocycles. The summed E-state index contributed by atoms with van der Waals surface area (Å²) in [5.41, 5.74) is 0.0272. The predicted octanol–water partition coefficient (Wildman–Crippen LogP) is 2.00. The average Bonchev–Trinajstić information content (AvgIpc) is 2.29. The van der Waals surface area contributed by atoms with Crippen LogP contribution in [-0.4, -0.2) is 16.4 Å². The van der Waals surface area contributed by atoms with Crippen LogP contribution in [0.5, 0.6) is 0 Å². The van der Waals surface area contributed by atoms with Gasteiger partial charge in [-0.2, -0.15) is 0 Å². The van der Waals surface area contributed by atoms with Crippen molar-refractivity contribution in [1.82, 2.24) is 5.32 Å². The van der Waals surface area contributed by atoms with Crippen LogP contribution in [0.3, 0.4) is 0 Å². The molecule has 1 aromatic carbocycles. The van der Waals surface area contributed by atoms with Crippen LogP contribution in [0.2, 0.25) is 0 Å². The first-order valence-electron chi connectivity index (χ1n) is 5.18. The highest BCUT2D eigenvalue weighted by Gasteiger charge is 2.15. The molecule has 1 aromatic rings. The second-order valence-corrected chi connectivity index (χ2v) is 3.55. The van der Waals surface area contributed by atoms with E-state index in [1.165, 1.54) is 12.1 Å². The molecule has 0 saturated carbocycles. The van der Waals surface area contributed by atoms with Gasteiger partial charge in [0.25, 0.3) is 11.4 Å². The monoisotopic (exact) mass is 239 g/mol. The molecule has 0 heterocycles. The molecular weight excluding hydrogens is 226 g/mol. The minimum Gasteiger partial charge on any atom is -0.313 e. The van der Waals surface area contributed by atoms with Gasteiger partial charge in [-0.15, -0.1) is 0 Å². The minimum absolute atomic E-state index is 0.257. The third-order valence-corrected chi connectivity index (χ3v) is 2.14. The summed E-state index contributed by atoms with van der Waals surface area (Å²) in [7, 11) is 0. The van der Waals surface area contributed by atoms with Gasteiger partial charge in [0.1, 0.15) is 0 Å². The van der Waals surface area contributed by atoms with Crippen LogP contribution in [-0.2, 0) is 6.54 Å². The molecule has 0 amide bonds. The zero-order chi connectivity index (χ0) is 12.8. The van der Waals surface area contributed by atoms with Crippen molar-refractivity contribution in [2.24, 2.45) is 0 Å². The molecule has 7 heteroatoms. The summed E-state index contributed by atoms with van der Waals surface area (Å²) in [5, 5.41) is 24.3. The molecule has 0 aliphatic rings. The van der Waals surface area contributed by atoms with Crippen LogP contribution in [0, 0.1) is 20.2 Å². The molecule has 0 radical (unpaired) electrons. The van der Waals surface area contributed by atoms with E-state index in [4.69, 9.17) is 0 Å². The van der Waals surface area contributed by atoms with Crippen LogP contribution in [0.15, 0.2) is 18.2 Å². The minimum atomic E-state index is -0.629. The van der Waals surface area contributed by atoms with Crippen LogP contribution in [0.1, 0.15) is 18.9 Å². The molecule has 92 valence electrons. The highest BCUT2D eigenvalue weighted by molar-refractivity contribution is 5.46. The van der Waals surface area contributed by atoms with E-state index in [0.717, 1.165) is 19.0 Å². The Bertz CT molecular complexity index is 401. The molecule has 0 bridgehead atoms. The molecule has 0 fully saturated rings. The van der Waals surface area contributed by atoms with Crippen molar-refractivity contribution >= 4 is 11.4 Å². The molecule has 0 spiro atoms. The number of nitrogens with one attached hydrogen (secondary N) is 1. The molecule has 7 nitrogen and oxygen atoms in total. The number of hydrogen-bond donors (Lipinski definition) is 1. The highest BCUT2D eigenvalue weighted by Crippen LogP contribution is 2.22. The molecule has 1 rings (SSSR count). The largest absolute Gasteiger partial charge is 0.313 e. The number of benzene rings is 1. The van der Waals surface area contributed by atoms with E-state index in [2.05, 4.69) is 5.32 Å². The van der Waals surface area contributed by atoms with E-state index >= 15 is 0 Å². The fourth-order valence-corrected chi connectivity index (χ4v) is 1.38. The van der Waals surface area contributed by atoms with Crippen molar-refractivity contribution in [2.45, 2.75) is 19.9 Å². The Balaban J connectivity index is 2.95. The normalized spacial score (nSPS) is 10.2. The van der Waals surface area contributed by atoms with Gasteiger partial charge in [-0.05, 0) is 18.5 Å². The Morgan fingerprint density at radius 3 is 2.06 bits per heavy atom. The maximum atomic E-state index is 10.6. The Hall–Kier alpha value is -2.02. The zero-order valence-corrected chi connectivity index (χ0v) is 9.38. The fraction of sp³-hybridized carbons (Fsp3) is 0.400. The molecule has 17 heavy (non-hydrogen) atoms. The third-order valence-electron chi connectivity index (χ3n) is 2.14. The zero-order valence-electron chi connectivity index (χ0n) is 9.38. The van der Waals surface area contributed by atoms with Crippen LogP contribution in [0.25, 0.3) is 0 Å². The molecule has 0 saturated heterocycles. The van der Waals surface area contributed by atoms with Crippen molar-refractivity contribution in [3.05, 3.63) is 44.0 Å². The van der Waals surface area contributed by atoms with E-state index in [0.29, 0.717) is 12.1 Å². The maximum absolute atomic E-state index is 10.6. The summed E-state index contributed by atoms with van der Waals surface area (Å²) in [6.07, 6.45) is 0.928. The first-order chi connectivity index (χ1) is 8.04. The van der Waals surface area contributed by atoms with Gasteiger partial charge in [0, 0.05) is 18.7 Å². The molecule has 0 atom stereocenters. The molecule has 0 unspecified atom stereocenters. The first-order valence-corrected chi connectivity index (χ1v) is 5.18. The fourth-order valence-electron chi connectivity index (χ4n) is 1.38. The molecule has 1 N–H and O–H groups in total. The van der Waals surface area contributed by atoms with E-state index in [1.807, 2.05) is 6.92 Å². The number of nitro benzene ring substituents is 2. The Morgan fingerprint density at radius 2 is 1.65 bits per heavy atom. The number of hydrogen-bond acceptors (Lipinski definition) is 5. The van der Waals surface area contributed by atoms with Crippen molar-refractivity contribution in [1.29, 1.82) is 0 Å². The van der Waals surface area contributed by atoms with Crippen molar-refractivity contribution in [2.75, 3.05) is 6.54 Å². The summed E-state index contributed by atoms with van der Waals surface area (Å²) in [6, 6.07) is 3.65. The summed E-state index contributed by atoms with van der Waals surface area (Å²) in [6.45, 7) is 3.13. The van der Waals surface area contributed by atoms with Gasteiger partial charge in [-0.25, -0.2) is 0 Å². The predicted molar refractivity (Wildman–Crippen MR) is 61.7 cm³/mol. The highest BCUT2D eigenvalue weighted by atomic mass is 16.6. The van der Waals surface area contributed by atoms with E-state index in [1.54, 1.807) is 0 Å². The van der Waals surface area contributed by atoms with Gasteiger partial charge in [0.2, 0.25) is 0 Å². The van der Waals surface area contributed by atoms with Crippen molar-refractivity contribution < 1.29 is 9.85 Å². The summed E-state index contributed by atoms with van der Waals surface area (Å²) in [4.78, 5) is 20.0. The van der Waals surface area contributed by atoms with E-state index in [9.17, 15) is 20.2 Å². The number of nitrogens with zero attached hydrogens (tertiary/aromatic N) is 2. The first kappa shape index (κ1) is 13.0. The van der Waals surface area contributed by atoms with Crippen LogP contribution < -0.4 is 5.32 Å². The van der Waals surface area contributed by atoms with Crippen LogP contribution >= 0.6 is 0 Å². The van der Waals surface area contributed by atoms with Crippen LogP contribution in [0.4, 0.5) is 11.4 Å². The molecule has 0 aliphatic carbocycles. The Kier molecular flexibility index (Phi) is 4.53. The van der Waals surface area contributed by atoms with Crippen molar-refractivity contribution in [3.8, 4) is 0 Å². The van der Waals surface area contributed by atoms with Gasteiger partial charge < -0.3 is 5.32 Å². The van der Waals surface area contributed by atoms with Gasteiger partial charge >= 0.3 is 0 Å². The topological polar surface area (TPSA) is 98.3 Å². The Labute approximate surface area is 97.7 Å². The average molecular weight is 239 g/mol. The van der Waals surface area contributed by atoms with Gasteiger partial charge in [-0.3, -0.25) is 20.2 Å². The number of rotatable bonds is 6. The second-order valence-electron chi connectivity index (χ2n) is 3.55. The lowest BCUT2D eigenvalue weighted by atomic mass is 10.1. The van der Waals surface area contributed by atoms with E-state index in [-0.39, 0.29) is 11.4 Å². The standard InChI is InChI=1S/C10H13N3O4/c1-2-3-11-7-8-4-9(12(14)15)6-10(5-8)13(16)17/h4-6,11H,2-3,7H2,1H3. The van der Waals surface area contributed by atoms with Gasteiger partial charge in [-0.1, -0.05) is 6.92 Å².